The number of imidazole rings is 1. The molecule has 1 N–H and O–H groups in total. The number of halogens is 1. The lowest BCUT2D eigenvalue weighted by Gasteiger charge is -2.30. The number of morpholine rings is 1. The van der Waals surface area contributed by atoms with E-state index in [1.54, 1.807) is 42.2 Å². The summed E-state index contributed by atoms with van der Waals surface area (Å²) in [6.45, 7) is 2.12. The molecule has 0 spiro atoms. The number of amides is 1. The molecule has 0 saturated carbocycles. The average molecular weight is 439 g/mol. The number of benzene rings is 2. The minimum Gasteiger partial charge on any atom is -0.378 e. The summed E-state index contributed by atoms with van der Waals surface area (Å²) in [5, 5.41) is 14.3. The second-order valence-electron chi connectivity index (χ2n) is 7.42. The summed E-state index contributed by atoms with van der Waals surface area (Å²) in [5.74, 6) is -0.463. The van der Waals surface area contributed by atoms with Gasteiger partial charge in [-0.05, 0) is 23.8 Å². The fourth-order valence-electron chi connectivity index (χ4n) is 3.75. The van der Waals surface area contributed by atoms with Crippen molar-refractivity contribution in [3.8, 4) is 0 Å². The highest BCUT2D eigenvalue weighted by Gasteiger charge is 2.26. The minimum absolute atomic E-state index is 0.164. The van der Waals surface area contributed by atoms with Gasteiger partial charge in [-0.2, -0.15) is 0 Å². The van der Waals surface area contributed by atoms with Gasteiger partial charge in [-0.1, -0.05) is 12.1 Å². The Bertz CT molecular complexity index is 1140. The van der Waals surface area contributed by atoms with Gasteiger partial charge in [0.05, 0.1) is 29.4 Å². The molecule has 9 nitrogen and oxygen atoms in total. The van der Waals surface area contributed by atoms with Crippen LogP contribution >= 0.6 is 0 Å². The zero-order valence-corrected chi connectivity index (χ0v) is 17.4. The van der Waals surface area contributed by atoms with Crippen LogP contribution in [0, 0.1) is 15.9 Å². The Morgan fingerprint density at radius 2 is 2.03 bits per heavy atom. The maximum absolute atomic E-state index is 13.9. The van der Waals surface area contributed by atoms with E-state index in [9.17, 15) is 19.3 Å². The van der Waals surface area contributed by atoms with Gasteiger partial charge < -0.3 is 19.5 Å². The molecular weight excluding hydrogens is 417 g/mol. The van der Waals surface area contributed by atoms with Crippen molar-refractivity contribution < 1.29 is 18.8 Å². The predicted molar refractivity (Wildman–Crippen MR) is 115 cm³/mol. The Morgan fingerprint density at radius 1 is 1.25 bits per heavy atom. The number of aromatic nitrogens is 2. The van der Waals surface area contributed by atoms with E-state index in [1.807, 2.05) is 4.90 Å². The molecule has 2 heterocycles. The molecule has 4 rings (SSSR count). The Morgan fingerprint density at radius 3 is 2.69 bits per heavy atom. The van der Waals surface area contributed by atoms with Crippen molar-refractivity contribution >= 4 is 17.3 Å². The van der Waals surface area contributed by atoms with Crippen LogP contribution in [0.1, 0.15) is 27.8 Å². The van der Waals surface area contributed by atoms with Gasteiger partial charge >= 0.3 is 0 Å². The van der Waals surface area contributed by atoms with Gasteiger partial charge in [0.2, 0.25) is 0 Å². The quantitative estimate of drug-likeness (QED) is 0.468. The number of nitro groups is 1. The Balaban J connectivity index is 1.73. The monoisotopic (exact) mass is 439 g/mol. The normalized spacial score (nSPS) is 14.8. The maximum atomic E-state index is 13.9. The van der Waals surface area contributed by atoms with Crippen molar-refractivity contribution in [1.29, 1.82) is 0 Å². The summed E-state index contributed by atoms with van der Waals surface area (Å²) in [6, 6.07) is 9.36. The lowest BCUT2D eigenvalue weighted by molar-refractivity contribution is -0.384. The lowest BCUT2D eigenvalue weighted by Crippen LogP contribution is -2.38. The maximum Gasteiger partial charge on any atom is 0.270 e. The molecule has 1 saturated heterocycles. The first-order valence-corrected chi connectivity index (χ1v) is 10.1. The zero-order valence-electron chi connectivity index (χ0n) is 17.4. The van der Waals surface area contributed by atoms with Crippen LogP contribution in [0.5, 0.6) is 0 Å². The number of hydrogen-bond donors (Lipinski definition) is 1. The molecule has 2 aromatic carbocycles. The molecule has 1 aliphatic heterocycles. The van der Waals surface area contributed by atoms with E-state index >= 15 is 0 Å². The third-order valence-electron chi connectivity index (χ3n) is 5.36. The minimum atomic E-state index is -0.755. The van der Waals surface area contributed by atoms with Crippen LogP contribution < -0.4 is 10.2 Å². The first-order valence-electron chi connectivity index (χ1n) is 10.1. The van der Waals surface area contributed by atoms with E-state index in [-0.39, 0.29) is 11.3 Å². The summed E-state index contributed by atoms with van der Waals surface area (Å²) >= 11 is 0. The molecule has 1 fully saturated rings. The second kappa shape index (κ2) is 9.15. The number of anilines is 1. The number of nitrogens with one attached hydrogen (secondary N) is 1. The number of aryl methyl sites for hydroxylation is 1. The molecule has 1 aromatic heterocycles. The summed E-state index contributed by atoms with van der Waals surface area (Å²) < 4.78 is 21.1. The SMILES string of the molecule is Cn1ccnc1C(NC(=O)c1cc([N+](=O)[O-])ccc1N1CCOCC1)c1cccc(F)c1. The Labute approximate surface area is 183 Å². The van der Waals surface area contributed by atoms with Crippen LogP contribution in [0.2, 0.25) is 0 Å². The number of carbonyl (C=O) groups is 1. The smallest absolute Gasteiger partial charge is 0.270 e. The topological polar surface area (TPSA) is 103 Å². The highest BCUT2D eigenvalue weighted by Crippen LogP contribution is 2.28. The van der Waals surface area contributed by atoms with Gasteiger partial charge in [-0.15, -0.1) is 0 Å². The van der Waals surface area contributed by atoms with Crippen molar-refractivity contribution in [2.45, 2.75) is 6.04 Å². The number of hydrogen-bond acceptors (Lipinski definition) is 6. The number of carbonyl (C=O) groups excluding carboxylic acids is 1. The number of nitro benzene ring substituents is 1. The van der Waals surface area contributed by atoms with E-state index in [4.69, 9.17) is 4.74 Å². The van der Waals surface area contributed by atoms with E-state index < -0.39 is 22.7 Å². The number of non-ortho nitro benzene ring substituents is 1. The summed E-state index contributed by atoms with van der Waals surface area (Å²) in [4.78, 5) is 30.5. The molecule has 1 unspecified atom stereocenters. The molecular formula is C22H22FN5O4. The molecule has 1 atom stereocenters. The first kappa shape index (κ1) is 21.4. The summed E-state index contributed by atoms with van der Waals surface area (Å²) in [6.07, 6.45) is 3.31. The highest BCUT2D eigenvalue weighted by molar-refractivity contribution is 6.01. The van der Waals surface area contributed by atoms with Gasteiger partial charge in [0.1, 0.15) is 17.7 Å². The highest BCUT2D eigenvalue weighted by atomic mass is 19.1. The van der Waals surface area contributed by atoms with Crippen molar-refractivity contribution in [3.05, 3.63) is 87.7 Å². The van der Waals surface area contributed by atoms with Gasteiger partial charge in [0, 0.05) is 44.7 Å². The number of rotatable bonds is 6. The fraction of sp³-hybridized carbons (Fsp3) is 0.273. The molecule has 3 aromatic rings. The molecule has 0 bridgehead atoms. The predicted octanol–water partition coefficient (Wildman–Crippen LogP) is 2.82. The largest absolute Gasteiger partial charge is 0.378 e. The van der Waals surface area contributed by atoms with E-state index in [1.165, 1.54) is 24.3 Å². The third-order valence-corrected chi connectivity index (χ3v) is 5.36. The van der Waals surface area contributed by atoms with Crippen LogP contribution in [0.4, 0.5) is 15.8 Å². The van der Waals surface area contributed by atoms with E-state index in [0.717, 1.165) is 0 Å². The van der Waals surface area contributed by atoms with Gasteiger partial charge in [-0.3, -0.25) is 14.9 Å². The molecule has 0 aliphatic carbocycles. The Kier molecular flexibility index (Phi) is 6.13. The molecule has 32 heavy (non-hydrogen) atoms. The fourth-order valence-corrected chi connectivity index (χ4v) is 3.75. The number of nitrogens with zero attached hydrogens (tertiary/aromatic N) is 4. The van der Waals surface area contributed by atoms with Crippen LogP contribution in [-0.2, 0) is 11.8 Å². The lowest BCUT2D eigenvalue weighted by atomic mass is 10.0. The first-order chi connectivity index (χ1) is 15.4. The molecule has 1 amide bonds. The van der Waals surface area contributed by atoms with Crippen molar-refractivity contribution in [2.24, 2.45) is 7.05 Å². The summed E-state index contributed by atoms with van der Waals surface area (Å²) in [7, 11) is 1.77. The second-order valence-corrected chi connectivity index (χ2v) is 7.42. The third kappa shape index (κ3) is 4.45. The average Bonchev–Trinajstić information content (AvgIpc) is 3.23. The molecule has 166 valence electrons. The van der Waals surface area contributed by atoms with Crippen molar-refractivity contribution in [3.63, 3.8) is 0 Å². The molecule has 10 heteroatoms. The van der Waals surface area contributed by atoms with E-state index in [2.05, 4.69) is 10.3 Å². The van der Waals surface area contributed by atoms with Gasteiger partial charge in [0.15, 0.2) is 0 Å². The van der Waals surface area contributed by atoms with Crippen LogP contribution in [0.25, 0.3) is 0 Å². The standard InChI is InChI=1S/C22H22FN5O4/c1-26-8-7-24-21(26)20(15-3-2-4-16(23)13-15)25-22(29)18-14-17(28(30)31)5-6-19(18)27-9-11-32-12-10-27/h2-8,13-14,20H,9-12H2,1H3,(H,25,29). The van der Waals surface area contributed by atoms with Gasteiger partial charge in [-0.25, -0.2) is 9.37 Å². The van der Waals surface area contributed by atoms with Crippen LogP contribution in [-0.4, -0.2) is 46.7 Å². The Hall–Kier alpha value is -3.79. The molecule has 0 radical (unpaired) electrons. The van der Waals surface area contributed by atoms with Crippen molar-refractivity contribution in [1.82, 2.24) is 14.9 Å². The van der Waals surface area contributed by atoms with Crippen LogP contribution in [0.3, 0.4) is 0 Å². The van der Waals surface area contributed by atoms with Crippen LogP contribution in [0.15, 0.2) is 54.9 Å². The summed E-state index contributed by atoms with van der Waals surface area (Å²) in [5.41, 5.74) is 1.06. The van der Waals surface area contributed by atoms with Crippen molar-refractivity contribution in [2.75, 3.05) is 31.2 Å². The zero-order chi connectivity index (χ0) is 22.7. The number of ether oxygens (including phenoxy) is 1. The van der Waals surface area contributed by atoms with E-state index in [0.29, 0.717) is 43.4 Å². The molecule has 1 aliphatic rings. The van der Waals surface area contributed by atoms with Gasteiger partial charge in [0.25, 0.3) is 11.6 Å².